The summed E-state index contributed by atoms with van der Waals surface area (Å²) in [6, 6.07) is 1.88. The largest absolute Gasteiger partial charge is 0.394 e. The van der Waals surface area contributed by atoms with Crippen molar-refractivity contribution in [2.75, 3.05) is 6.61 Å². The van der Waals surface area contributed by atoms with Gasteiger partial charge in [0, 0.05) is 6.04 Å². The second kappa shape index (κ2) is 5.13. The fraction of sp³-hybridized carbons (Fsp3) is 0.818. The van der Waals surface area contributed by atoms with Gasteiger partial charge in [0.25, 0.3) is 0 Å². The molecule has 0 spiro atoms. The van der Waals surface area contributed by atoms with Crippen molar-refractivity contribution >= 4 is 5.91 Å². The van der Waals surface area contributed by atoms with Gasteiger partial charge in [-0.05, 0) is 19.8 Å². The Kier molecular flexibility index (Phi) is 4.10. The van der Waals surface area contributed by atoms with E-state index in [9.17, 15) is 4.79 Å². The Morgan fingerprint density at radius 1 is 1.53 bits per heavy atom. The summed E-state index contributed by atoms with van der Waals surface area (Å²) >= 11 is 0. The first-order valence-electron chi connectivity index (χ1n) is 5.48. The zero-order chi connectivity index (χ0) is 11.3. The van der Waals surface area contributed by atoms with Crippen LogP contribution in [-0.2, 0) is 4.79 Å². The molecule has 0 bridgehead atoms. The SMILES string of the molecule is C[C@H](CO)NC(=O)C1(C#N)CCCCC1. The molecule has 1 aliphatic rings. The van der Waals surface area contributed by atoms with E-state index >= 15 is 0 Å². The maximum absolute atomic E-state index is 11.9. The van der Waals surface area contributed by atoms with Gasteiger partial charge >= 0.3 is 0 Å². The molecular weight excluding hydrogens is 192 g/mol. The average Bonchev–Trinajstić information content (AvgIpc) is 2.29. The van der Waals surface area contributed by atoms with Crippen LogP contribution in [0.3, 0.4) is 0 Å². The lowest BCUT2D eigenvalue weighted by atomic mass is 9.74. The minimum Gasteiger partial charge on any atom is -0.394 e. The maximum Gasteiger partial charge on any atom is 0.240 e. The Morgan fingerprint density at radius 2 is 2.13 bits per heavy atom. The standard InChI is InChI=1S/C11H18N2O2/c1-9(7-14)13-10(15)11(8-12)5-3-2-4-6-11/h9,14H,2-7H2,1H3,(H,13,15)/t9-/m1/s1. The van der Waals surface area contributed by atoms with Gasteiger partial charge in [0.15, 0.2) is 0 Å². The van der Waals surface area contributed by atoms with Crippen molar-refractivity contribution in [2.45, 2.75) is 45.1 Å². The van der Waals surface area contributed by atoms with Crippen LogP contribution in [-0.4, -0.2) is 23.7 Å². The molecule has 4 nitrogen and oxygen atoms in total. The number of amides is 1. The van der Waals surface area contributed by atoms with Crippen molar-refractivity contribution in [2.24, 2.45) is 5.41 Å². The molecule has 0 unspecified atom stereocenters. The summed E-state index contributed by atoms with van der Waals surface area (Å²) in [6.07, 6.45) is 4.27. The highest BCUT2D eigenvalue weighted by Gasteiger charge is 2.40. The van der Waals surface area contributed by atoms with E-state index in [2.05, 4.69) is 11.4 Å². The van der Waals surface area contributed by atoms with Crippen LogP contribution in [0.2, 0.25) is 0 Å². The number of carbonyl (C=O) groups is 1. The number of nitriles is 1. The van der Waals surface area contributed by atoms with Crippen LogP contribution in [0, 0.1) is 16.7 Å². The van der Waals surface area contributed by atoms with E-state index < -0.39 is 5.41 Å². The molecule has 1 aliphatic carbocycles. The minimum atomic E-state index is -0.846. The van der Waals surface area contributed by atoms with Crippen LogP contribution in [0.1, 0.15) is 39.0 Å². The number of aliphatic hydroxyl groups excluding tert-OH is 1. The molecule has 0 saturated heterocycles. The molecule has 0 aromatic carbocycles. The first kappa shape index (κ1) is 12.0. The molecule has 1 amide bonds. The molecule has 1 rings (SSSR count). The number of nitrogens with one attached hydrogen (secondary N) is 1. The van der Waals surface area contributed by atoms with Gasteiger partial charge in [-0.2, -0.15) is 5.26 Å². The predicted molar refractivity (Wildman–Crippen MR) is 55.8 cm³/mol. The third-order valence-electron chi connectivity index (χ3n) is 3.01. The number of nitrogens with zero attached hydrogens (tertiary/aromatic N) is 1. The van der Waals surface area contributed by atoms with Crippen LogP contribution in [0.25, 0.3) is 0 Å². The Bertz CT molecular complexity index is 264. The first-order valence-corrected chi connectivity index (χ1v) is 5.48. The molecular formula is C11H18N2O2. The minimum absolute atomic E-state index is 0.0900. The van der Waals surface area contributed by atoms with Gasteiger partial charge in [0.2, 0.25) is 5.91 Å². The number of hydrogen-bond donors (Lipinski definition) is 2. The normalized spacial score (nSPS) is 21.4. The Hall–Kier alpha value is -1.08. The molecule has 1 fully saturated rings. The van der Waals surface area contributed by atoms with E-state index in [1.54, 1.807) is 6.92 Å². The summed E-state index contributed by atoms with van der Waals surface area (Å²) in [7, 11) is 0. The molecule has 2 N–H and O–H groups in total. The van der Waals surface area contributed by atoms with Gasteiger partial charge in [-0.1, -0.05) is 19.3 Å². The first-order chi connectivity index (χ1) is 7.14. The van der Waals surface area contributed by atoms with Crippen molar-refractivity contribution in [1.29, 1.82) is 5.26 Å². The average molecular weight is 210 g/mol. The molecule has 84 valence electrons. The Labute approximate surface area is 90.3 Å². The number of aliphatic hydroxyl groups is 1. The third kappa shape index (κ3) is 2.69. The van der Waals surface area contributed by atoms with E-state index in [1.165, 1.54) is 0 Å². The lowest BCUT2D eigenvalue weighted by molar-refractivity contribution is -0.130. The monoisotopic (exact) mass is 210 g/mol. The highest BCUT2D eigenvalue weighted by Crippen LogP contribution is 2.35. The molecule has 0 aliphatic heterocycles. The fourth-order valence-corrected chi connectivity index (χ4v) is 1.95. The van der Waals surface area contributed by atoms with Crippen LogP contribution < -0.4 is 5.32 Å². The van der Waals surface area contributed by atoms with Crippen molar-refractivity contribution in [3.05, 3.63) is 0 Å². The Morgan fingerprint density at radius 3 is 2.60 bits per heavy atom. The highest BCUT2D eigenvalue weighted by atomic mass is 16.3. The van der Waals surface area contributed by atoms with Gasteiger partial charge in [-0.15, -0.1) is 0 Å². The van der Waals surface area contributed by atoms with Crippen LogP contribution >= 0.6 is 0 Å². The second-order valence-electron chi connectivity index (χ2n) is 4.31. The third-order valence-corrected chi connectivity index (χ3v) is 3.01. The predicted octanol–water partition coefficient (Wildman–Crippen LogP) is 0.957. The molecule has 1 atom stereocenters. The van der Waals surface area contributed by atoms with E-state index in [1.807, 2.05) is 0 Å². The number of carbonyl (C=O) groups excluding carboxylic acids is 1. The molecule has 15 heavy (non-hydrogen) atoms. The molecule has 0 radical (unpaired) electrons. The van der Waals surface area contributed by atoms with E-state index in [0.29, 0.717) is 12.8 Å². The lowest BCUT2D eigenvalue weighted by Gasteiger charge is -2.30. The molecule has 0 aromatic heterocycles. The molecule has 4 heteroatoms. The van der Waals surface area contributed by atoms with Crippen molar-refractivity contribution in [3.63, 3.8) is 0 Å². The fourth-order valence-electron chi connectivity index (χ4n) is 1.95. The second-order valence-corrected chi connectivity index (χ2v) is 4.31. The quantitative estimate of drug-likeness (QED) is 0.728. The van der Waals surface area contributed by atoms with Crippen molar-refractivity contribution in [3.8, 4) is 6.07 Å². The zero-order valence-electron chi connectivity index (χ0n) is 9.12. The molecule has 0 heterocycles. The van der Waals surface area contributed by atoms with Gasteiger partial charge in [-0.25, -0.2) is 0 Å². The van der Waals surface area contributed by atoms with E-state index in [-0.39, 0.29) is 18.6 Å². The number of rotatable bonds is 3. The van der Waals surface area contributed by atoms with Crippen molar-refractivity contribution < 1.29 is 9.90 Å². The topological polar surface area (TPSA) is 73.1 Å². The summed E-state index contributed by atoms with van der Waals surface area (Å²) < 4.78 is 0. The van der Waals surface area contributed by atoms with E-state index in [4.69, 9.17) is 10.4 Å². The van der Waals surface area contributed by atoms with Crippen LogP contribution in [0.15, 0.2) is 0 Å². The van der Waals surface area contributed by atoms with Gasteiger partial charge < -0.3 is 10.4 Å². The van der Waals surface area contributed by atoms with Crippen LogP contribution in [0.4, 0.5) is 0 Å². The lowest BCUT2D eigenvalue weighted by Crippen LogP contribution is -2.46. The summed E-state index contributed by atoms with van der Waals surface area (Å²) in [4.78, 5) is 11.9. The zero-order valence-corrected chi connectivity index (χ0v) is 9.12. The smallest absolute Gasteiger partial charge is 0.240 e. The summed E-state index contributed by atoms with van der Waals surface area (Å²) in [6.45, 7) is 1.64. The number of hydrogen-bond acceptors (Lipinski definition) is 3. The van der Waals surface area contributed by atoms with Gasteiger partial charge in [-0.3, -0.25) is 4.79 Å². The highest BCUT2D eigenvalue weighted by molar-refractivity contribution is 5.85. The summed E-state index contributed by atoms with van der Waals surface area (Å²) in [5.41, 5.74) is -0.846. The van der Waals surface area contributed by atoms with Gasteiger partial charge in [0.05, 0.1) is 12.7 Å². The van der Waals surface area contributed by atoms with Crippen LogP contribution in [0.5, 0.6) is 0 Å². The maximum atomic E-state index is 11.9. The Balaban J connectivity index is 2.65. The molecule has 0 aromatic rings. The summed E-state index contributed by atoms with van der Waals surface area (Å²) in [5, 5.41) is 20.6. The van der Waals surface area contributed by atoms with Crippen molar-refractivity contribution in [1.82, 2.24) is 5.32 Å². The van der Waals surface area contributed by atoms with Gasteiger partial charge in [0.1, 0.15) is 5.41 Å². The van der Waals surface area contributed by atoms with E-state index in [0.717, 1.165) is 19.3 Å². The summed E-state index contributed by atoms with van der Waals surface area (Å²) in [5.74, 6) is -0.216. The molecule has 1 saturated carbocycles.